The van der Waals surface area contributed by atoms with Crippen LogP contribution in [0.25, 0.3) is 0 Å². The van der Waals surface area contributed by atoms with Crippen molar-refractivity contribution in [3.8, 4) is 0 Å². The van der Waals surface area contributed by atoms with Crippen molar-refractivity contribution in [2.24, 2.45) is 0 Å². The number of esters is 6. The minimum absolute atomic E-state index is 0.102. The second-order valence-electron chi connectivity index (χ2n) is 7.08. The molecular weight excluding hydrogens is 480 g/mol. The molecule has 0 aromatic rings. The van der Waals surface area contributed by atoms with E-state index in [-0.39, 0.29) is 65.0 Å². The van der Waals surface area contributed by atoms with Crippen LogP contribution in [0.4, 0.5) is 0 Å². The van der Waals surface area contributed by atoms with Gasteiger partial charge in [0.15, 0.2) is 12.2 Å². The Bertz CT molecular complexity index is 591. The summed E-state index contributed by atoms with van der Waals surface area (Å²) >= 11 is 0. The Morgan fingerprint density at radius 2 is 0.583 bits per heavy atom. The van der Waals surface area contributed by atoms with Gasteiger partial charge < -0.3 is 28.4 Å². The van der Waals surface area contributed by atoms with E-state index in [1.807, 2.05) is 0 Å². The molecule has 0 atom stereocenters. The Hall–Kier alpha value is -3.18. The lowest BCUT2D eigenvalue weighted by Gasteiger charge is -2.17. The zero-order valence-corrected chi connectivity index (χ0v) is 22.1. The van der Waals surface area contributed by atoms with Gasteiger partial charge in [-0.3, -0.25) is 28.8 Å². The smallest absolute Gasteiger partial charge is 0.306 e. The van der Waals surface area contributed by atoms with E-state index < -0.39 is 48.0 Å². The molecule has 12 heteroatoms. The van der Waals surface area contributed by atoms with Crippen molar-refractivity contribution in [1.82, 2.24) is 0 Å². The molecule has 0 aliphatic carbocycles. The summed E-state index contributed by atoms with van der Waals surface area (Å²) in [6.45, 7) is 9.53. The first-order valence-corrected chi connectivity index (χ1v) is 12.1. The standard InChI is InChI=1S/2C12H20O6/c2*1-4-10(13)16-7-9(18-12(15)6-3)8-17-11(14)5-2/h2*9H,4-8H2,1-3H3. The lowest BCUT2D eigenvalue weighted by molar-refractivity contribution is -0.166. The van der Waals surface area contributed by atoms with Crippen LogP contribution in [-0.4, -0.2) is 74.5 Å². The van der Waals surface area contributed by atoms with Gasteiger partial charge >= 0.3 is 35.8 Å². The summed E-state index contributed by atoms with van der Waals surface area (Å²) in [6, 6.07) is 0. The molecule has 0 heterocycles. The molecule has 0 aromatic heterocycles. The van der Waals surface area contributed by atoms with E-state index in [9.17, 15) is 28.8 Å². The van der Waals surface area contributed by atoms with E-state index >= 15 is 0 Å². The Kier molecular flexibility index (Phi) is 21.7. The van der Waals surface area contributed by atoms with E-state index in [1.165, 1.54) is 0 Å². The Morgan fingerprint density at radius 1 is 0.389 bits per heavy atom. The molecule has 36 heavy (non-hydrogen) atoms. The third-order valence-electron chi connectivity index (χ3n) is 4.05. The molecule has 0 spiro atoms. The van der Waals surface area contributed by atoms with Gasteiger partial charge in [-0.05, 0) is 0 Å². The molecule has 0 aliphatic rings. The topological polar surface area (TPSA) is 158 Å². The summed E-state index contributed by atoms with van der Waals surface area (Å²) < 4.78 is 29.4. The van der Waals surface area contributed by atoms with Crippen molar-refractivity contribution in [3.63, 3.8) is 0 Å². The van der Waals surface area contributed by atoms with Crippen LogP contribution in [0.15, 0.2) is 0 Å². The third kappa shape index (κ3) is 20.2. The summed E-state index contributed by atoms with van der Waals surface area (Å²) in [5.74, 6) is -2.44. The Morgan fingerprint density at radius 3 is 0.750 bits per heavy atom. The fourth-order valence-electron chi connectivity index (χ4n) is 1.92. The van der Waals surface area contributed by atoms with Crippen molar-refractivity contribution in [2.45, 2.75) is 92.3 Å². The SMILES string of the molecule is CCC(=O)OCC(COC(=O)CC)OC(=O)CC.CCC(=O)OCC(COC(=O)CC)OC(=O)CC. The number of hydrogen-bond donors (Lipinski definition) is 0. The van der Waals surface area contributed by atoms with Crippen molar-refractivity contribution < 1.29 is 57.2 Å². The van der Waals surface area contributed by atoms with Gasteiger partial charge in [0.05, 0.1) is 0 Å². The van der Waals surface area contributed by atoms with Gasteiger partial charge in [-0.25, -0.2) is 0 Å². The van der Waals surface area contributed by atoms with Gasteiger partial charge in [0.2, 0.25) is 0 Å². The highest BCUT2D eigenvalue weighted by molar-refractivity contribution is 5.71. The van der Waals surface area contributed by atoms with Crippen LogP contribution in [0, 0.1) is 0 Å². The molecular formula is C24H40O12. The number of hydrogen-bond acceptors (Lipinski definition) is 12. The average molecular weight is 521 g/mol. The first kappa shape index (κ1) is 35.0. The maximum atomic E-state index is 11.1. The zero-order chi connectivity index (χ0) is 27.9. The van der Waals surface area contributed by atoms with Crippen LogP contribution in [0.1, 0.15) is 80.1 Å². The average Bonchev–Trinajstić information content (AvgIpc) is 2.90. The van der Waals surface area contributed by atoms with E-state index in [0.717, 1.165) is 0 Å². The van der Waals surface area contributed by atoms with Gasteiger partial charge in [-0.15, -0.1) is 0 Å². The Labute approximate surface area is 212 Å². The molecule has 0 amide bonds. The first-order chi connectivity index (χ1) is 17.1. The van der Waals surface area contributed by atoms with Gasteiger partial charge in [0.25, 0.3) is 0 Å². The Balaban J connectivity index is 0. The van der Waals surface area contributed by atoms with Gasteiger partial charge in [-0.1, -0.05) is 41.5 Å². The second-order valence-corrected chi connectivity index (χ2v) is 7.08. The predicted octanol–water partition coefficient (Wildman–Crippen LogP) is 2.43. The molecule has 0 radical (unpaired) electrons. The predicted molar refractivity (Wildman–Crippen MR) is 125 cm³/mol. The maximum absolute atomic E-state index is 11.1. The third-order valence-corrected chi connectivity index (χ3v) is 4.05. The fraction of sp³-hybridized carbons (Fsp3) is 0.750. The van der Waals surface area contributed by atoms with Crippen LogP contribution >= 0.6 is 0 Å². The van der Waals surface area contributed by atoms with E-state index in [0.29, 0.717) is 0 Å². The molecule has 12 nitrogen and oxygen atoms in total. The molecule has 0 bridgehead atoms. The molecule has 0 rings (SSSR count). The molecule has 0 aliphatic heterocycles. The summed E-state index contributed by atoms with van der Waals surface area (Å²) in [5, 5.41) is 0. The maximum Gasteiger partial charge on any atom is 0.306 e. The summed E-state index contributed by atoms with van der Waals surface area (Å²) in [7, 11) is 0. The lowest BCUT2D eigenvalue weighted by Crippen LogP contribution is -2.30. The van der Waals surface area contributed by atoms with Crippen LogP contribution in [-0.2, 0) is 57.2 Å². The highest BCUT2D eigenvalue weighted by atomic mass is 16.6. The van der Waals surface area contributed by atoms with Crippen molar-refractivity contribution in [3.05, 3.63) is 0 Å². The van der Waals surface area contributed by atoms with Crippen molar-refractivity contribution >= 4 is 35.8 Å². The largest absolute Gasteiger partial charge is 0.462 e. The van der Waals surface area contributed by atoms with E-state index in [1.54, 1.807) is 41.5 Å². The zero-order valence-electron chi connectivity index (χ0n) is 22.1. The number of carbonyl (C=O) groups excluding carboxylic acids is 6. The summed E-state index contributed by atoms with van der Waals surface area (Å²) in [6.07, 6.45) is -0.120. The fourth-order valence-corrected chi connectivity index (χ4v) is 1.92. The second kappa shape index (κ2) is 22.3. The minimum atomic E-state index is -0.747. The summed E-state index contributed by atoms with van der Waals surface area (Å²) in [4.78, 5) is 66.3. The highest BCUT2D eigenvalue weighted by Crippen LogP contribution is 2.02. The van der Waals surface area contributed by atoms with Gasteiger partial charge in [0, 0.05) is 38.5 Å². The highest BCUT2D eigenvalue weighted by Gasteiger charge is 2.19. The van der Waals surface area contributed by atoms with E-state index in [2.05, 4.69) is 0 Å². The molecule has 0 N–H and O–H groups in total. The van der Waals surface area contributed by atoms with Crippen molar-refractivity contribution in [2.75, 3.05) is 26.4 Å². The molecule has 0 saturated heterocycles. The van der Waals surface area contributed by atoms with Crippen molar-refractivity contribution in [1.29, 1.82) is 0 Å². The lowest BCUT2D eigenvalue weighted by atomic mass is 10.4. The van der Waals surface area contributed by atoms with Crippen LogP contribution in [0.3, 0.4) is 0 Å². The normalized spacial score (nSPS) is 10.0. The van der Waals surface area contributed by atoms with Gasteiger partial charge in [-0.2, -0.15) is 0 Å². The van der Waals surface area contributed by atoms with Crippen LogP contribution in [0.2, 0.25) is 0 Å². The number of rotatable bonds is 16. The van der Waals surface area contributed by atoms with Crippen LogP contribution < -0.4 is 0 Å². The molecule has 0 aromatic carbocycles. The quantitative estimate of drug-likeness (QED) is 0.216. The monoisotopic (exact) mass is 520 g/mol. The molecule has 208 valence electrons. The first-order valence-electron chi connectivity index (χ1n) is 12.1. The summed E-state index contributed by atoms with van der Waals surface area (Å²) in [5.41, 5.74) is 0. The minimum Gasteiger partial charge on any atom is -0.462 e. The molecule has 0 fully saturated rings. The van der Waals surface area contributed by atoms with Gasteiger partial charge in [0.1, 0.15) is 26.4 Å². The molecule has 0 saturated carbocycles. The van der Waals surface area contributed by atoms with E-state index in [4.69, 9.17) is 28.4 Å². The van der Waals surface area contributed by atoms with Crippen LogP contribution in [0.5, 0.6) is 0 Å². The number of ether oxygens (including phenoxy) is 6. The number of carbonyl (C=O) groups is 6. The molecule has 0 unspecified atom stereocenters.